The van der Waals surface area contributed by atoms with Crippen LogP contribution in [-0.2, 0) is 11.4 Å². The maximum Gasteiger partial charge on any atom is 0.238 e. The molecule has 0 aliphatic carbocycles. The zero-order valence-electron chi connectivity index (χ0n) is 18.4. The Labute approximate surface area is 193 Å². The number of piperidine rings is 1. The van der Waals surface area contributed by atoms with E-state index >= 15 is 0 Å². The number of nitrogens with zero attached hydrogens (tertiary/aromatic N) is 4. The smallest absolute Gasteiger partial charge is 0.238 e. The predicted molar refractivity (Wildman–Crippen MR) is 127 cm³/mol. The van der Waals surface area contributed by atoms with Crippen molar-refractivity contribution in [2.75, 3.05) is 25.0 Å². The van der Waals surface area contributed by atoms with Crippen LogP contribution in [0.2, 0.25) is 0 Å². The minimum absolute atomic E-state index is 0.000619. The molecule has 2 aromatic heterocycles. The molecule has 33 heavy (non-hydrogen) atoms. The molecule has 1 amide bonds. The lowest BCUT2D eigenvalue weighted by Gasteiger charge is -2.30. The third kappa shape index (κ3) is 5.21. The average Bonchev–Trinajstić information content (AvgIpc) is 3.29. The number of pyridine rings is 1. The third-order valence-electron chi connectivity index (χ3n) is 6.05. The van der Waals surface area contributed by atoms with Gasteiger partial charge in [-0.1, -0.05) is 36.4 Å². The molecule has 1 aliphatic rings. The Morgan fingerprint density at radius 2 is 1.70 bits per heavy atom. The summed E-state index contributed by atoms with van der Waals surface area (Å²) in [5.41, 5.74) is 2.78. The minimum Gasteiger partial charge on any atom is -0.489 e. The lowest BCUT2D eigenvalue weighted by atomic mass is 9.96. The van der Waals surface area contributed by atoms with Gasteiger partial charge in [-0.3, -0.25) is 14.1 Å². The van der Waals surface area contributed by atoms with Gasteiger partial charge in [0.2, 0.25) is 5.91 Å². The standard InChI is InChI=1S/C26H27N5O2/c32-25(27-22-9-11-23(12-10-22)33-19-20-6-2-1-3-7-20)18-30-16-13-21(14-17-30)26-29-28-24-8-4-5-15-31(24)26/h1-12,15,21H,13-14,16-19H2,(H,27,32). The number of fused-ring (bicyclic) bond motifs is 1. The molecule has 0 atom stereocenters. The molecular formula is C26H27N5O2. The molecule has 0 saturated carbocycles. The van der Waals surface area contributed by atoms with Gasteiger partial charge in [0.05, 0.1) is 6.54 Å². The van der Waals surface area contributed by atoms with Crippen LogP contribution in [0.4, 0.5) is 5.69 Å². The SMILES string of the molecule is O=C(CN1CCC(c2nnc3ccccn23)CC1)Nc1ccc(OCc2ccccc2)cc1. The highest BCUT2D eigenvalue weighted by Crippen LogP contribution is 2.27. The molecule has 4 aromatic rings. The fourth-order valence-electron chi connectivity index (χ4n) is 4.27. The Morgan fingerprint density at radius 1 is 0.939 bits per heavy atom. The Morgan fingerprint density at radius 3 is 2.48 bits per heavy atom. The third-order valence-corrected chi connectivity index (χ3v) is 6.05. The van der Waals surface area contributed by atoms with E-state index in [0.717, 1.165) is 54.4 Å². The molecule has 7 nitrogen and oxygen atoms in total. The van der Waals surface area contributed by atoms with Gasteiger partial charge in [-0.15, -0.1) is 10.2 Å². The summed E-state index contributed by atoms with van der Waals surface area (Å²) in [5, 5.41) is 11.7. The number of rotatable bonds is 7. The molecule has 3 heterocycles. The number of likely N-dealkylation sites (tertiary alicyclic amines) is 1. The first-order chi connectivity index (χ1) is 16.2. The number of hydrogen-bond acceptors (Lipinski definition) is 5. The first kappa shape index (κ1) is 21.2. The quantitative estimate of drug-likeness (QED) is 0.467. The van der Waals surface area contributed by atoms with E-state index in [4.69, 9.17) is 4.74 Å². The topological polar surface area (TPSA) is 71.8 Å². The Kier molecular flexibility index (Phi) is 6.30. The highest BCUT2D eigenvalue weighted by atomic mass is 16.5. The molecule has 1 aliphatic heterocycles. The van der Waals surface area contributed by atoms with Crippen molar-refractivity contribution in [2.24, 2.45) is 0 Å². The number of anilines is 1. The number of benzene rings is 2. The highest BCUT2D eigenvalue weighted by Gasteiger charge is 2.25. The van der Waals surface area contributed by atoms with E-state index in [2.05, 4.69) is 24.8 Å². The van der Waals surface area contributed by atoms with Crippen molar-refractivity contribution >= 4 is 17.2 Å². The predicted octanol–water partition coefficient (Wildman–Crippen LogP) is 4.13. The van der Waals surface area contributed by atoms with Gasteiger partial charge in [-0.2, -0.15) is 0 Å². The molecule has 168 valence electrons. The molecule has 7 heteroatoms. The number of ether oxygens (including phenoxy) is 1. The lowest BCUT2D eigenvalue weighted by molar-refractivity contribution is -0.117. The van der Waals surface area contributed by atoms with Gasteiger partial charge in [0, 0.05) is 17.8 Å². The number of hydrogen-bond donors (Lipinski definition) is 1. The van der Waals surface area contributed by atoms with Gasteiger partial charge >= 0.3 is 0 Å². The molecular weight excluding hydrogens is 414 g/mol. The van der Waals surface area contributed by atoms with Crippen molar-refractivity contribution in [3.63, 3.8) is 0 Å². The van der Waals surface area contributed by atoms with Crippen molar-refractivity contribution in [1.82, 2.24) is 19.5 Å². The summed E-state index contributed by atoms with van der Waals surface area (Å²) in [7, 11) is 0. The molecule has 1 N–H and O–H groups in total. The summed E-state index contributed by atoms with van der Waals surface area (Å²) in [6.45, 7) is 2.64. The van der Waals surface area contributed by atoms with Crippen LogP contribution in [-0.4, -0.2) is 45.0 Å². The number of aromatic nitrogens is 3. The summed E-state index contributed by atoms with van der Waals surface area (Å²) < 4.78 is 7.88. The molecule has 0 unspecified atom stereocenters. The number of carbonyl (C=O) groups is 1. The van der Waals surface area contributed by atoms with Crippen LogP contribution in [0, 0.1) is 0 Å². The van der Waals surface area contributed by atoms with Gasteiger partial charge in [0.25, 0.3) is 0 Å². The summed E-state index contributed by atoms with van der Waals surface area (Å²) in [5.74, 6) is 2.16. The van der Waals surface area contributed by atoms with E-state index in [1.54, 1.807) is 0 Å². The first-order valence-electron chi connectivity index (χ1n) is 11.3. The maximum absolute atomic E-state index is 12.6. The van der Waals surface area contributed by atoms with E-state index in [1.165, 1.54) is 0 Å². The van der Waals surface area contributed by atoms with Crippen molar-refractivity contribution < 1.29 is 9.53 Å². The molecule has 0 spiro atoms. The summed E-state index contributed by atoms with van der Waals surface area (Å²) in [6.07, 6.45) is 3.95. The van der Waals surface area contributed by atoms with Gasteiger partial charge in [0.15, 0.2) is 5.65 Å². The minimum atomic E-state index is -0.000619. The van der Waals surface area contributed by atoms with Gasteiger partial charge in [-0.05, 0) is 67.9 Å². The first-order valence-corrected chi connectivity index (χ1v) is 11.3. The zero-order chi connectivity index (χ0) is 22.5. The highest BCUT2D eigenvalue weighted by molar-refractivity contribution is 5.92. The fourth-order valence-corrected chi connectivity index (χ4v) is 4.27. The van der Waals surface area contributed by atoms with Crippen molar-refractivity contribution in [2.45, 2.75) is 25.4 Å². The van der Waals surface area contributed by atoms with Gasteiger partial charge in [-0.25, -0.2) is 0 Å². The van der Waals surface area contributed by atoms with Crippen molar-refractivity contribution in [1.29, 1.82) is 0 Å². The average molecular weight is 442 g/mol. The monoisotopic (exact) mass is 441 g/mol. The summed E-state index contributed by atoms with van der Waals surface area (Å²) >= 11 is 0. The van der Waals surface area contributed by atoms with Crippen molar-refractivity contribution in [3.05, 3.63) is 90.4 Å². The van der Waals surface area contributed by atoms with Crippen LogP contribution < -0.4 is 10.1 Å². The lowest BCUT2D eigenvalue weighted by Crippen LogP contribution is -2.39. The molecule has 5 rings (SSSR count). The van der Waals surface area contributed by atoms with Crippen molar-refractivity contribution in [3.8, 4) is 5.75 Å². The normalized spacial score (nSPS) is 14.9. The molecule has 2 aromatic carbocycles. The van der Waals surface area contributed by atoms with Crippen LogP contribution in [0.1, 0.15) is 30.1 Å². The van der Waals surface area contributed by atoms with Crippen LogP contribution in [0.25, 0.3) is 5.65 Å². The van der Waals surface area contributed by atoms with E-state index in [0.29, 0.717) is 19.1 Å². The molecule has 0 radical (unpaired) electrons. The second-order valence-corrected chi connectivity index (χ2v) is 8.38. The largest absolute Gasteiger partial charge is 0.489 e. The second-order valence-electron chi connectivity index (χ2n) is 8.38. The molecule has 0 bridgehead atoms. The fraction of sp³-hybridized carbons (Fsp3) is 0.269. The molecule has 1 saturated heterocycles. The number of amides is 1. The second kappa shape index (κ2) is 9.83. The van der Waals surface area contributed by atoms with Crippen LogP contribution in [0.3, 0.4) is 0 Å². The Hall–Kier alpha value is -3.71. The van der Waals surface area contributed by atoms with E-state index in [9.17, 15) is 4.79 Å². The van der Waals surface area contributed by atoms with E-state index in [1.807, 2.05) is 79.0 Å². The van der Waals surface area contributed by atoms with Crippen LogP contribution in [0.15, 0.2) is 79.0 Å². The maximum atomic E-state index is 12.6. The summed E-state index contributed by atoms with van der Waals surface area (Å²) in [6, 6.07) is 23.5. The van der Waals surface area contributed by atoms with Gasteiger partial charge in [0.1, 0.15) is 18.2 Å². The summed E-state index contributed by atoms with van der Waals surface area (Å²) in [4.78, 5) is 14.8. The van der Waals surface area contributed by atoms with Crippen LogP contribution in [0.5, 0.6) is 5.75 Å². The van der Waals surface area contributed by atoms with Gasteiger partial charge < -0.3 is 10.1 Å². The van der Waals surface area contributed by atoms with E-state index in [-0.39, 0.29) is 5.91 Å². The van der Waals surface area contributed by atoms with E-state index < -0.39 is 0 Å². The molecule has 1 fully saturated rings. The zero-order valence-corrected chi connectivity index (χ0v) is 18.4. The number of nitrogens with one attached hydrogen (secondary N) is 1. The Bertz CT molecular complexity index is 1200. The Balaban J connectivity index is 1.08. The number of carbonyl (C=O) groups excluding carboxylic acids is 1. The van der Waals surface area contributed by atoms with Crippen LogP contribution >= 0.6 is 0 Å².